The molecule has 12 heavy (non-hydrogen) atoms. The SMILES string of the molecule is O=[N+]([O-])[Hg][c]1cc(Cl)ccc1O. The van der Waals surface area contributed by atoms with E-state index in [0.29, 0.717) is 8.09 Å². The third-order valence-corrected chi connectivity index (χ3v) is 6.11. The van der Waals surface area contributed by atoms with Gasteiger partial charge in [0.05, 0.1) is 0 Å². The molecule has 0 saturated carbocycles. The van der Waals surface area contributed by atoms with Crippen LogP contribution < -0.4 is 3.07 Å². The molecule has 0 aromatic heterocycles. The summed E-state index contributed by atoms with van der Waals surface area (Å²) in [5.41, 5.74) is 0. The number of nitro groups is 1. The van der Waals surface area contributed by atoms with Crippen LogP contribution in [0.3, 0.4) is 0 Å². The van der Waals surface area contributed by atoms with Crippen molar-refractivity contribution < 1.29 is 32.7 Å². The Bertz CT molecular complexity index is 318. The van der Waals surface area contributed by atoms with Crippen molar-refractivity contribution in [3.05, 3.63) is 33.3 Å². The van der Waals surface area contributed by atoms with Crippen molar-refractivity contribution in [2.75, 3.05) is 0 Å². The number of phenolic OH excluding ortho intramolecular Hbond substituents is 1. The van der Waals surface area contributed by atoms with Gasteiger partial charge in [0, 0.05) is 0 Å². The molecule has 0 saturated heterocycles. The monoisotopic (exact) mass is 375 g/mol. The summed E-state index contributed by atoms with van der Waals surface area (Å²) in [4.78, 5) is 10.2. The van der Waals surface area contributed by atoms with E-state index in [1.54, 1.807) is 0 Å². The average Bonchev–Trinajstić information content (AvgIpc) is 1.96. The number of phenols is 1. The van der Waals surface area contributed by atoms with Crippen LogP contribution in [0.5, 0.6) is 5.75 Å². The summed E-state index contributed by atoms with van der Waals surface area (Å²) in [5, 5.41) is 19.8. The zero-order chi connectivity index (χ0) is 9.14. The molecule has 0 bridgehead atoms. The van der Waals surface area contributed by atoms with E-state index in [0.717, 1.165) is 0 Å². The first-order chi connectivity index (χ1) is 5.59. The van der Waals surface area contributed by atoms with Crippen LogP contribution in [-0.4, -0.2) is 7.79 Å². The summed E-state index contributed by atoms with van der Waals surface area (Å²) in [7, 11) is 0. The zero-order valence-corrected chi connectivity index (χ0v) is 12.3. The van der Waals surface area contributed by atoms with Gasteiger partial charge < -0.3 is 0 Å². The fourth-order valence-corrected chi connectivity index (χ4v) is 4.90. The quantitative estimate of drug-likeness (QED) is 0.476. The number of aromatic hydroxyl groups is 1. The molecule has 0 atom stereocenters. The first-order valence-electron chi connectivity index (χ1n) is 3.19. The zero-order valence-electron chi connectivity index (χ0n) is 6.03. The fourth-order valence-electron chi connectivity index (χ4n) is 0.820. The maximum atomic E-state index is 10.2. The Balaban J connectivity index is 2.97. The van der Waals surface area contributed by atoms with Crippen LogP contribution >= 0.6 is 11.6 Å². The molecule has 0 heterocycles. The molecule has 0 spiro atoms. The van der Waals surface area contributed by atoms with Crippen LogP contribution in [0, 0.1) is 10.1 Å². The number of rotatable bonds is 2. The number of halogens is 1. The minimum atomic E-state index is -2.38. The normalized spacial score (nSPS) is 9.08. The van der Waals surface area contributed by atoms with Crippen LogP contribution in [0.2, 0.25) is 5.02 Å². The van der Waals surface area contributed by atoms with Gasteiger partial charge in [-0.2, -0.15) is 0 Å². The summed E-state index contributed by atoms with van der Waals surface area (Å²) in [6, 6.07) is 4.37. The third-order valence-electron chi connectivity index (χ3n) is 1.34. The summed E-state index contributed by atoms with van der Waals surface area (Å²) in [6.07, 6.45) is 0. The second kappa shape index (κ2) is 4.05. The van der Waals surface area contributed by atoms with E-state index < -0.39 is 24.9 Å². The van der Waals surface area contributed by atoms with E-state index in [2.05, 4.69) is 0 Å². The molecule has 1 aromatic carbocycles. The van der Waals surface area contributed by atoms with Crippen molar-refractivity contribution in [2.45, 2.75) is 0 Å². The van der Waals surface area contributed by atoms with Crippen LogP contribution in [0.25, 0.3) is 0 Å². The van der Waals surface area contributed by atoms with Gasteiger partial charge >= 0.3 is 86.4 Å². The number of hydrogen-bond donors (Lipinski definition) is 1. The van der Waals surface area contributed by atoms with Crippen molar-refractivity contribution in [1.29, 1.82) is 0 Å². The van der Waals surface area contributed by atoms with Gasteiger partial charge in [-0.25, -0.2) is 0 Å². The van der Waals surface area contributed by atoms with E-state index >= 15 is 0 Å². The van der Waals surface area contributed by atoms with Gasteiger partial charge in [-0.15, -0.1) is 0 Å². The van der Waals surface area contributed by atoms with Crippen molar-refractivity contribution >= 4 is 14.7 Å². The standard InChI is InChI=1S/C6H4ClO.Hg.NO2/c7-5-1-3-6(8)4-2-5;;2-1-3/h1-3,8H;;. The van der Waals surface area contributed by atoms with Crippen molar-refractivity contribution in [3.63, 3.8) is 0 Å². The Morgan fingerprint density at radius 2 is 2.25 bits per heavy atom. The van der Waals surface area contributed by atoms with Crippen LogP contribution in [0.15, 0.2) is 18.2 Å². The van der Waals surface area contributed by atoms with Crippen LogP contribution in [0.4, 0.5) is 0 Å². The Morgan fingerprint density at radius 3 is 2.83 bits per heavy atom. The van der Waals surface area contributed by atoms with Gasteiger partial charge in [0.15, 0.2) is 0 Å². The predicted molar refractivity (Wildman–Crippen MR) is 39.7 cm³/mol. The maximum absolute atomic E-state index is 10.2. The van der Waals surface area contributed by atoms with E-state index in [9.17, 15) is 15.2 Å². The molecule has 0 fully saturated rings. The molecule has 1 aromatic rings. The Kier molecular flexibility index (Phi) is 3.28. The summed E-state index contributed by atoms with van der Waals surface area (Å²) < 4.78 is 0.151. The van der Waals surface area contributed by atoms with E-state index in [1.165, 1.54) is 18.2 Å². The summed E-state index contributed by atoms with van der Waals surface area (Å²) in [6.45, 7) is 0. The molecule has 0 aliphatic rings. The molecule has 1 rings (SSSR count). The van der Waals surface area contributed by atoms with E-state index in [4.69, 9.17) is 11.6 Å². The summed E-state index contributed by atoms with van der Waals surface area (Å²) in [5.74, 6) is -0.00207. The van der Waals surface area contributed by atoms with Crippen molar-refractivity contribution in [1.82, 2.24) is 0 Å². The number of hydrogen-bond acceptors (Lipinski definition) is 3. The topological polar surface area (TPSA) is 63.4 Å². The van der Waals surface area contributed by atoms with Crippen LogP contribution in [0.1, 0.15) is 0 Å². The first-order valence-corrected chi connectivity index (χ1v) is 8.77. The number of nitrogens with zero attached hydrogens (tertiary/aromatic N) is 1. The molecule has 0 amide bonds. The van der Waals surface area contributed by atoms with Gasteiger partial charge in [-0.05, 0) is 0 Å². The molecular weight excluding hydrogens is 370 g/mol. The van der Waals surface area contributed by atoms with Crippen molar-refractivity contribution in [2.24, 2.45) is 0 Å². The molecule has 0 radical (unpaired) electrons. The van der Waals surface area contributed by atoms with Gasteiger partial charge in [0.2, 0.25) is 0 Å². The van der Waals surface area contributed by atoms with Crippen molar-refractivity contribution in [3.8, 4) is 5.75 Å². The molecule has 0 aliphatic carbocycles. The fraction of sp³-hybridized carbons (Fsp3) is 0. The number of benzene rings is 1. The molecule has 4 nitrogen and oxygen atoms in total. The van der Waals surface area contributed by atoms with E-state index in [-0.39, 0.29) is 8.44 Å². The van der Waals surface area contributed by atoms with E-state index in [1.807, 2.05) is 0 Å². The molecular formula is C6H4ClHgNO3. The second-order valence-electron chi connectivity index (χ2n) is 2.26. The second-order valence-corrected chi connectivity index (χ2v) is 8.90. The molecule has 0 aliphatic heterocycles. The Hall–Kier alpha value is -0.355. The molecule has 6 heteroatoms. The summed E-state index contributed by atoms with van der Waals surface area (Å²) >= 11 is 3.23. The van der Waals surface area contributed by atoms with Gasteiger partial charge in [-0.1, -0.05) is 0 Å². The average molecular weight is 374 g/mol. The van der Waals surface area contributed by atoms with Gasteiger partial charge in [0.25, 0.3) is 0 Å². The molecule has 60 valence electrons. The Morgan fingerprint density at radius 1 is 1.58 bits per heavy atom. The first kappa shape index (κ1) is 9.73. The minimum absolute atomic E-state index is 0.00207. The van der Waals surface area contributed by atoms with Gasteiger partial charge in [0.1, 0.15) is 0 Å². The Labute approximate surface area is 86.2 Å². The molecule has 1 N–H and O–H groups in total. The van der Waals surface area contributed by atoms with Gasteiger partial charge in [-0.3, -0.25) is 0 Å². The third kappa shape index (κ3) is 2.60. The predicted octanol–water partition coefficient (Wildman–Crippen LogP) is 0.945. The molecule has 0 unspecified atom stereocenters. The van der Waals surface area contributed by atoms with Crippen LogP contribution in [-0.2, 0) is 24.9 Å².